The van der Waals surface area contributed by atoms with E-state index in [4.69, 9.17) is 21.1 Å². The molecular weight excluding hydrogens is 266 g/mol. The Hall–Kier alpha value is -0.810. The molecule has 0 saturated carbocycles. The molecule has 0 aliphatic carbocycles. The minimum Gasteiger partial charge on any atom is -0.496 e. The van der Waals surface area contributed by atoms with Crippen molar-refractivity contribution in [3.63, 3.8) is 0 Å². The first-order chi connectivity index (χ1) is 9.01. The smallest absolute Gasteiger partial charge is 0.125 e. The van der Waals surface area contributed by atoms with Crippen LogP contribution >= 0.6 is 11.6 Å². The second kappa shape index (κ2) is 7.70. The monoisotopic (exact) mass is 287 g/mol. The third-order valence-electron chi connectivity index (χ3n) is 3.01. The van der Waals surface area contributed by atoms with Crippen LogP contribution < -0.4 is 10.1 Å². The van der Waals surface area contributed by atoms with E-state index in [1.54, 1.807) is 39.3 Å². The first-order valence-corrected chi connectivity index (χ1v) is 6.65. The Labute approximate surface area is 119 Å². The third kappa shape index (κ3) is 4.99. The molecule has 108 valence electrons. The molecule has 5 heteroatoms. The maximum absolute atomic E-state index is 10.6. The fourth-order valence-electron chi connectivity index (χ4n) is 1.87. The van der Waals surface area contributed by atoms with Crippen molar-refractivity contribution in [1.82, 2.24) is 5.32 Å². The van der Waals surface area contributed by atoms with E-state index in [9.17, 15) is 5.11 Å². The van der Waals surface area contributed by atoms with Crippen molar-refractivity contribution in [2.45, 2.75) is 18.9 Å². The predicted molar refractivity (Wildman–Crippen MR) is 76.9 cm³/mol. The standard InChI is InChI=1S/C14H22ClNO3/c1-14(17,6-7-16-8-9-18-2)12-10-11(15)4-5-13(12)19-3/h4-5,10,16-17H,6-9H2,1-3H3. The van der Waals surface area contributed by atoms with Crippen molar-refractivity contribution in [3.05, 3.63) is 28.8 Å². The number of rotatable bonds is 8. The fraction of sp³-hybridized carbons (Fsp3) is 0.571. The van der Waals surface area contributed by atoms with Gasteiger partial charge < -0.3 is 19.9 Å². The molecule has 0 spiro atoms. The topological polar surface area (TPSA) is 50.7 Å². The third-order valence-corrected chi connectivity index (χ3v) is 3.25. The summed E-state index contributed by atoms with van der Waals surface area (Å²) < 4.78 is 10.2. The number of ether oxygens (including phenoxy) is 2. The quantitative estimate of drug-likeness (QED) is 0.720. The lowest BCUT2D eigenvalue weighted by Crippen LogP contribution is -2.29. The first-order valence-electron chi connectivity index (χ1n) is 6.27. The maximum Gasteiger partial charge on any atom is 0.125 e. The van der Waals surface area contributed by atoms with Crippen molar-refractivity contribution >= 4 is 11.6 Å². The highest BCUT2D eigenvalue weighted by Gasteiger charge is 2.26. The molecule has 0 saturated heterocycles. The molecule has 0 aromatic heterocycles. The highest BCUT2D eigenvalue weighted by atomic mass is 35.5. The van der Waals surface area contributed by atoms with Crippen LogP contribution in [0.3, 0.4) is 0 Å². The van der Waals surface area contributed by atoms with E-state index in [0.29, 0.717) is 35.9 Å². The van der Waals surface area contributed by atoms with E-state index in [1.807, 2.05) is 0 Å². The van der Waals surface area contributed by atoms with E-state index in [-0.39, 0.29) is 0 Å². The van der Waals surface area contributed by atoms with E-state index in [0.717, 1.165) is 6.54 Å². The lowest BCUT2D eigenvalue weighted by molar-refractivity contribution is 0.0450. The van der Waals surface area contributed by atoms with Gasteiger partial charge in [-0.3, -0.25) is 0 Å². The highest BCUT2D eigenvalue weighted by Crippen LogP contribution is 2.34. The fourth-order valence-corrected chi connectivity index (χ4v) is 2.04. The van der Waals surface area contributed by atoms with Crippen LogP contribution in [0.2, 0.25) is 5.02 Å². The molecule has 19 heavy (non-hydrogen) atoms. The molecule has 2 N–H and O–H groups in total. The molecule has 0 aliphatic rings. The molecule has 0 heterocycles. The van der Waals surface area contributed by atoms with E-state index < -0.39 is 5.60 Å². The normalized spacial score (nSPS) is 14.2. The summed E-state index contributed by atoms with van der Waals surface area (Å²) in [7, 11) is 3.24. The summed E-state index contributed by atoms with van der Waals surface area (Å²) in [5, 5.41) is 14.4. The molecule has 0 bridgehead atoms. The summed E-state index contributed by atoms with van der Waals surface area (Å²) in [4.78, 5) is 0. The number of hydrogen-bond donors (Lipinski definition) is 2. The summed E-state index contributed by atoms with van der Waals surface area (Å²) in [5.41, 5.74) is -0.285. The molecule has 1 unspecified atom stereocenters. The largest absolute Gasteiger partial charge is 0.496 e. The second-order valence-electron chi connectivity index (χ2n) is 4.61. The second-order valence-corrected chi connectivity index (χ2v) is 5.05. The van der Waals surface area contributed by atoms with E-state index in [1.165, 1.54) is 0 Å². The van der Waals surface area contributed by atoms with Gasteiger partial charge in [-0.05, 0) is 38.1 Å². The first kappa shape index (κ1) is 16.2. The Bertz CT molecular complexity index is 396. The zero-order chi connectivity index (χ0) is 14.3. The number of benzene rings is 1. The molecule has 1 aromatic rings. The number of aliphatic hydroxyl groups is 1. The van der Waals surface area contributed by atoms with Crippen molar-refractivity contribution in [2.24, 2.45) is 0 Å². The van der Waals surface area contributed by atoms with Gasteiger partial charge in [-0.15, -0.1) is 0 Å². The lowest BCUT2D eigenvalue weighted by Gasteiger charge is -2.26. The highest BCUT2D eigenvalue weighted by molar-refractivity contribution is 6.30. The van der Waals surface area contributed by atoms with Crippen LogP contribution in [0.5, 0.6) is 5.75 Å². The molecule has 0 radical (unpaired) electrons. The van der Waals surface area contributed by atoms with Crippen molar-refractivity contribution in [3.8, 4) is 5.75 Å². The van der Waals surface area contributed by atoms with Crippen LogP contribution in [0.1, 0.15) is 18.9 Å². The molecule has 0 amide bonds. The van der Waals surface area contributed by atoms with E-state index >= 15 is 0 Å². The summed E-state index contributed by atoms with van der Waals surface area (Å²) >= 11 is 5.98. The number of nitrogens with one attached hydrogen (secondary N) is 1. The van der Waals surface area contributed by atoms with Gasteiger partial charge in [0.25, 0.3) is 0 Å². The Balaban J connectivity index is 2.67. The van der Waals surface area contributed by atoms with Gasteiger partial charge in [0.15, 0.2) is 0 Å². The Morgan fingerprint density at radius 3 is 2.68 bits per heavy atom. The Morgan fingerprint density at radius 1 is 1.32 bits per heavy atom. The van der Waals surface area contributed by atoms with Crippen molar-refractivity contribution < 1.29 is 14.6 Å². The molecule has 1 atom stereocenters. The van der Waals surface area contributed by atoms with Crippen molar-refractivity contribution in [2.75, 3.05) is 33.9 Å². The van der Waals surface area contributed by atoms with Gasteiger partial charge >= 0.3 is 0 Å². The minimum atomic E-state index is -0.990. The van der Waals surface area contributed by atoms with Crippen LogP contribution in [-0.4, -0.2) is 39.0 Å². The van der Waals surface area contributed by atoms with Gasteiger partial charge in [-0.2, -0.15) is 0 Å². The summed E-state index contributed by atoms with van der Waals surface area (Å²) in [6.07, 6.45) is 0.563. The van der Waals surface area contributed by atoms with Gasteiger partial charge in [-0.1, -0.05) is 11.6 Å². The predicted octanol–water partition coefficient (Wildman–Crippen LogP) is 2.18. The van der Waals surface area contributed by atoms with Crippen LogP contribution in [-0.2, 0) is 10.3 Å². The van der Waals surface area contributed by atoms with Crippen LogP contribution in [0.25, 0.3) is 0 Å². The molecule has 4 nitrogen and oxygen atoms in total. The van der Waals surface area contributed by atoms with Gasteiger partial charge in [0.2, 0.25) is 0 Å². The van der Waals surface area contributed by atoms with Crippen LogP contribution in [0, 0.1) is 0 Å². The number of hydrogen-bond acceptors (Lipinski definition) is 4. The van der Waals surface area contributed by atoms with Gasteiger partial charge in [-0.25, -0.2) is 0 Å². The minimum absolute atomic E-state index is 0.563. The summed E-state index contributed by atoms with van der Waals surface area (Å²) in [6, 6.07) is 5.26. The number of methoxy groups -OCH3 is 2. The van der Waals surface area contributed by atoms with Gasteiger partial charge in [0.05, 0.1) is 19.3 Å². The molecule has 0 aliphatic heterocycles. The summed E-state index contributed by atoms with van der Waals surface area (Å²) in [6.45, 7) is 3.87. The van der Waals surface area contributed by atoms with Gasteiger partial charge in [0, 0.05) is 24.2 Å². The molecule has 1 rings (SSSR count). The zero-order valence-electron chi connectivity index (χ0n) is 11.7. The molecular formula is C14H22ClNO3. The number of halogens is 1. The molecule has 0 fully saturated rings. The Kier molecular flexibility index (Phi) is 6.58. The average molecular weight is 288 g/mol. The zero-order valence-corrected chi connectivity index (χ0v) is 12.5. The summed E-state index contributed by atoms with van der Waals surface area (Å²) in [5.74, 6) is 0.645. The Morgan fingerprint density at radius 2 is 2.05 bits per heavy atom. The average Bonchev–Trinajstić information content (AvgIpc) is 2.38. The van der Waals surface area contributed by atoms with Crippen LogP contribution in [0.4, 0.5) is 0 Å². The lowest BCUT2D eigenvalue weighted by atomic mass is 9.91. The van der Waals surface area contributed by atoms with Crippen molar-refractivity contribution in [1.29, 1.82) is 0 Å². The van der Waals surface area contributed by atoms with Crippen LogP contribution in [0.15, 0.2) is 18.2 Å². The van der Waals surface area contributed by atoms with Gasteiger partial charge in [0.1, 0.15) is 5.75 Å². The molecule has 1 aromatic carbocycles. The van der Waals surface area contributed by atoms with E-state index in [2.05, 4.69) is 5.32 Å². The SMILES string of the molecule is COCCNCCC(C)(O)c1cc(Cl)ccc1OC. The maximum atomic E-state index is 10.6.